The van der Waals surface area contributed by atoms with Crippen molar-refractivity contribution in [2.45, 2.75) is 6.92 Å². The zero-order chi connectivity index (χ0) is 47.6. The molecule has 0 aliphatic carbocycles. The summed E-state index contributed by atoms with van der Waals surface area (Å²) in [6.07, 6.45) is 7.71. The fraction of sp³-hybridized carbons (Fsp3) is 0.0154. The van der Waals surface area contributed by atoms with Gasteiger partial charge in [-0.25, -0.2) is 8.78 Å². The Hall–Kier alpha value is -9.06. The fourth-order valence-corrected chi connectivity index (χ4v) is 9.59. The van der Waals surface area contributed by atoms with Crippen LogP contribution in [0.4, 0.5) is 42.9 Å². The molecule has 1 aliphatic heterocycles. The minimum Gasteiger partial charge on any atom is -0.456 e. The summed E-state index contributed by atoms with van der Waals surface area (Å²) in [5.74, 6) is 0.526. The molecule has 0 radical (unpaired) electrons. The van der Waals surface area contributed by atoms with E-state index in [1.165, 1.54) is 0 Å². The fourth-order valence-electron chi connectivity index (χ4n) is 9.59. The van der Waals surface area contributed by atoms with Crippen LogP contribution in [0.3, 0.4) is 0 Å². The summed E-state index contributed by atoms with van der Waals surface area (Å²) in [6.45, 7) is 6.41. The highest BCUT2D eigenvalue weighted by molar-refractivity contribution is 6.12. The number of rotatable bonds is 12. The van der Waals surface area contributed by atoms with Gasteiger partial charge < -0.3 is 14.5 Å². The Balaban J connectivity index is 1.07. The Bertz CT molecular complexity index is 3610. The van der Waals surface area contributed by atoms with Crippen LogP contribution in [0.1, 0.15) is 12.5 Å². The lowest BCUT2D eigenvalue weighted by Gasteiger charge is -2.32. The van der Waals surface area contributed by atoms with Crippen LogP contribution in [0.25, 0.3) is 60.9 Å². The minimum atomic E-state index is -0.397. The van der Waals surface area contributed by atoms with Crippen molar-refractivity contribution < 1.29 is 13.5 Å². The third-order valence-corrected chi connectivity index (χ3v) is 12.8. The summed E-state index contributed by atoms with van der Waals surface area (Å²) in [7, 11) is 0. The standard InChI is InChI=1S/C65H46F2N2O/c1-3-4-10-22-44(2)56-39-48(45-23-11-5-12-24-45)41-58(66)64(56)68(50-29-17-8-18-30-50)52-35-36-53-54-37-38-60(55-33-21-34-61(63(54)55)70-62(53)43-52)69(51-31-19-9-20-32-51)65-57(47-27-15-7-16-28-47)40-49(42-59(65)67)46-25-13-6-14-26-46/h3-43H,2H2,1H3/b4-3-,22-10-. The van der Waals surface area contributed by atoms with E-state index in [1.54, 1.807) is 12.1 Å². The smallest absolute Gasteiger partial charge is 0.148 e. The van der Waals surface area contributed by atoms with Gasteiger partial charge in [-0.1, -0.05) is 176 Å². The Kier molecular flexibility index (Phi) is 11.8. The molecule has 3 nitrogen and oxygen atoms in total. The number of benzene rings is 10. The average Bonchev–Trinajstić information content (AvgIpc) is 3.41. The first-order chi connectivity index (χ1) is 34.4. The molecular weight excluding hydrogens is 863 g/mol. The van der Waals surface area contributed by atoms with Crippen LogP contribution in [-0.4, -0.2) is 0 Å². The SMILES string of the molecule is C=C(/C=C\C=C/C)c1cc(-c2ccccc2)cc(F)c1N(c1ccccc1)c1ccc2c(c1)Oc1cccc3c(N(c4ccccc4)c4c(F)cc(-c5ccccc5)cc4-c4ccccc4)ccc-2c13. The summed E-state index contributed by atoms with van der Waals surface area (Å²) in [6, 6.07) is 73.1. The topological polar surface area (TPSA) is 15.7 Å². The highest BCUT2D eigenvalue weighted by Gasteiger charge is 2.29. The van der Waals surface area contributed by atoms with Crippen molar-refractivity contribution in [1.82, 2.24) is 0 Å². The predicted octanol–water partition coefficient (Wildman–Crippen LogP) is 19.0. The highest BCUT2D eigenvalue weighted by atomic mass is 19.1. The summed E-state index contributed by atoms with van der Waals surface area (Å²) in [4.78, 5) is 3.97. The minimum absolute atomic E-state index is 0.353. The lowest BCUT2D eigenvalue weighted by Crippen LogP contribution is -2.15. The molecule has 5 heteroatoms. The molecule has 0 bridgehead atoms. The van der Waals surface area contributed by atoms with Gasteiger partial charge in [-0.15, -0.1) is 0 Å². The van der Waals surface area contributed by atoms with Gasteiger partial charge in [0.2, 0.25) is 0 Å². The summed E-state index contributed by atoms with van der Waals surface area (Å²) >= 11 is 0. The lowest BCUT2D eigenvalue weighted by atomic mass is 9.92. The second kappa shape index (κ2) is 18.9. The van der Waals surface area contributed by atoms with E-state index in [0.717, 1.165) is 72.3 Å². The molecule has 0 spiro atoms. The molecule has 0 fully saturated rings. The molecular formula is C65H46F2N2O. The van der Waals surface area contributed by atoms with Crippen LogP contribution in [-0.2, 0) is 0 Å². The first-order valence-electron chi connectivity index (χ1n) is 23.4. The number of halogens is 2. The van der Waals surface area contributed by atoms with E-state index in [0.29, 0.717) is 39.7 Å². The maximum atomic E-state index is 17.4. The van der Waals surface area contributed by atoms with Crippen LogP contribution in [0.5, 0.6) is 11.5 Å². The third-order valence-electron chi connectivity index (χ3n) is 12.8. The molecule has 0 amide bonds. The number of hydrogen-bond donors (Lipinski definition) is 0. The molecule has 0 saturated carbocycles. The Labute approximate surface area is 407 Å². The van der Waals surface area contributed by atoms with E-state index >= 15 is 8.78 Å². The first kappa shape index (κ1) is 43.5. The second-order valence-electron chi connectivity index (χ2n) is 17.2. The van der Waals surface area contributed by atoms with Crippen molar-refractivity contribution in [3.63, 3.8) is 0 Å². The number of fused-ring (bicyclic) bond motifs is 2. The molecule has 0 saturated heterocycles. The molecule has 70 heavy (non-hydrogen) atoms. The number of hydrogen-bond acceptors (Lipinski definition) is 3. The predicted molar refractivity (Wildman–Crippen MR) is 288 cm³/mol. The van der Waals surface area contributed by atoms with Gasteiger partial charge in [0.05, 0.1) is 22.7 Å². The maximum Gasteiger partial charge on any atom is 0.148 e. The van der Waals surface area contributed by atoms with Gasteiger partial charge in [-0.2, -0.15) is 0 Å². The summed E-state index contributed by atoms with van der Waals surface area (Å²) in [5, 5.41) is 1.79. The Morgan fingerprint density at radius 2 is 1.00 bits per heavy atom. The number of anilines is 6. The van der Waals surface area contributed by atoms with E-state index < -0.39 is 5.82 Å². The molecule has 0 atom stereocenters. The van der Waals surface area contributed by atoms with Crippen LogP contribution in [0.2, 0.25) is 0 Å². The van der Waals surface area contributed by atoms with E-state index in [4.69, 9.17) is 4.74 Å². The molecule has 336 valence electrons. The molecule has 10 aromatic rings. The second-order valence-corrected chi connectivity index (χ2v) is 17.2. The van der Waals surface area contributed by atoms with Gasteiger partial charge in [-0.05, 0) is 119 Å². The van der Waals surface area contributed by atoms with Crippen LogP contribution in [0.15, 0.2) is 255 Å². The van der Waals surface area contributed by atoms with Gasteiger partial charge in [0.15, 0.2) is 0 Å². The van der Waals surface area contributed by atoms with E-state index in [2.05, 4.69) is 30.8 Å². The monoisotopic (exact) mass is 908 g/mol. The average molecular weight is 909 g/mol. The molecule has 11 rings (SSSR count). The quantitative estimate of drug-likeness (QED) is 0.114. The zero-order valence-corrected chi connectivity index (χ0v) is 38.4. The van der Waals surface area contributed by atoms with Crippen molar-refractivity contribution in [2.75, 3.05) is 9.80 Å². The highest BCUT2D eigenvalue weighted by Crippen LogP contribution is 2.54. The zero-order valence-electron chi connectivity index (χ0n) is 38.4. The number of nitrogens with zero attached hydrogens (tertiary/aromatic N) is 2. The van der Waals surface area contributed by atoms with Gasteiger partial charge in [0, 0.05) is 44.9 Å². The molecule has 0 unspecified atom stereocenters. The third kappa shape index (κ3) is 8.14. The van der Waals surface area contributed by atoms with Gasteiger partial charge in [0.1, 0.15) is 23.1 Å². The number of allylic oxidation sites excluding steroid dienone is 5. The number of ether oxygens (including phenoxy) is 1. The van der Waals surface area contributed by atoms with E-state index in [9.17, 15) is 0 Å². The first-order valence-corrected chi connectivity index (χ1v) is 23.4. The number of para-hydroxylation sites is 2. The van der Waals surface area contributed by atoms with Crippen molar-refractivity contribution in [3.05, 3.63) is 273 Å². The van der Waals surface area contributed by atoms with E-state index in [1.807, 2.05) is 229 Å². The molecule has 0 aromatic heterocycles. The normalized spacial score (nSPS) is 11.7. The van der Waals surface area contributed by atoms with E-state index in [-0.39, 0.29) is 5.82 Å². The molecule has 10 aromatic carbocycles. The maximum absolute atomic E-state index is 17.4. The van der Waals surface area contributed by atoms with Crippen LogP contribution < -0.4 is 14.5 Å². The van der Waals surface area contributed by atoms with Crippen molar-refractivity contribution in [1.29, 1.82) is 0 Å². The van der Waals surface area contributed by atoms with Gasteiger partial charge in [0.25, 0.3) is 0 Å². The van der Waals surface area contributed by atoms with Gasteiger partial charge >= 0.3 is 0 Å². The van der Waals surface area contributed by atoms with Crippen molar-refractivity contribution in [3.8, 4) is 56.0 Å². The van der Waals surface area contributed by atoms with Crippen molar-refractivity contribution in [2.24, 2.45) is 0 Å². The molecule has 0 N–H and O–H groups in total. The largest absolute Gasteiger partial charge is 0.456 e. The van der Waals surface area contributed by atoms with Crippen molar-refractivity contribution >= 4 is 50.5 Å². The summed E-state index contributed by atoms with van der Waals surface area (Å²) < 4.78 is 41.6. The summed E-state index contributed by atoms with van der Waals surface area (Å²) in [5.41, 5.74) is 12.0. The lowest BCUT2D eigenvalue weighted by molar-refractivity contribution is 0.487. The van der Waals surface area contributed by atoms with Crippen LogP contribution in [0, 0.1) is 11.6 Å². The van der Waals surface area contributed by atoms with Gasteiger partial charge in [-0.3, -0.25) is 0 Å². The van der Waals surface area contributed by atoms with Crippen LogP contribution >= 0.6 is 0 Å². The molecule has 1 aliphatic rings. The Morgan fingerprint density at radius 3 is 1.63 bits per heavy atom. The molecule has 1 heterocycles. The Morgan fingerprint density at radius 1 is 0.443 bits per heavy atom.